The maximum Gasteiger partial charge on any atom is 0.419 e. The standard InChI is InChI=1S/C30H19Cl3F9NO3/c31-20-4-3-15(43-27(46)25-24(29(25,32)33)13-1-6-22(35)19(9-13)30(40,41)42)11-17(20)23(45)10-14-2-5-21(34)18(26(14)36)12-16(44)7-8-28(37,38)39/h1-6,9,11,24-25H,7-8,10,12H2,(H,43,46)/t24-,25+/m0/s1. The monoisotopic (exact) mass is 717 g/mol. The van der Waals surface area contributed by atoms with Gasteiger partial charge in [-0.15, -0.1) is 23.2 Å². The van der Waals surface area contributed by atoms with Crippen molar-refractivity contribution in [1.29, 1.82) is 0 Å². The number of hydrogen-bond acceptors (Lipinski definition) is 3. The summed E-state index contributed by atoms with van der Waals surface area (Å²) in [4.78, 5) is 38.0. The fourth-order valence-electron chi connectivity index (χ4n) is 4.84. The van der Waals surface area contributed by atoms with Gasteiger partial charge in [0.1, 0.15) is 27.6 Å². The average molecular weight is 719 g/mol. The molecule has 2 atom stereocenters. The van der Waals surface area contributed by atoms with Gasteiger partial charge in [0.25, 0.3) is 0 Å². The van der Waals surface area contributed by atoms with Crippen molar-refractivity contribution in [3.63, 3.8) is 0 Å². The number of rotatable bonds is 10. The second-order valence-corrected chi connectivity index (χ2v) is 12.3. The number of ketones is 2. The van der Waals surface area contributed by atoms with Gasteiger partial charge in [-0.3, -0.25) is 14.4 Å². The maximum absolute atomic E-state index is 15.1. The molecule has 1 fully saturated rings. The van der Waals surface area contributed by atoms with Crippen LogP contribution in [0.5, 0.6) is 0 Å². The Balaban J connectivity index is 1.49. The molecule has 1 amide bonds. The van der Waals surface area contributed by atoms with Crippen LogP contribution in [0.1, 0.15) is 51.4 Å². The van der Waals surface area contributed by atoms with E-state index in [-0.39, 0.29) is 27.4 Å². The van der Waals surface area contributed by atoms with Crippen molar-refractivity contribution in [3.8, 4) is 0 Å². The van der Waals surface area contributed by atoms with Crippen LogP contribution in [0.3, 0.4) is 0 Å². The van der Waals surface area contributed by atoms with Crippen LogP contribution in [-0.2, 0) is 28.6 Å². The predicted octanol–water partition coefficient (Wildman–Crippen LogP) is 9.18. The number of carbonyl (C=O) groups excluding carboxylic acids is 3. The van der Waals surface area contributed by atoms with E-state index in [0.29, 0.717) is 12.1 Å². The Kier molecular flexibility index (Phi) is 10.1. The van der Waals surface area contributed by atoms with E-state index < -0.39 is 100 Å². The lowest BCUT2D eigenvalue weighted by Crippen LogP contribution is -2.18. The van der Waals surface area contributed by atoms with Gasteiger partial charge < -0.3 is 5.32 Å². The summed E-state index contributed by atoms with van der Waals surface area (Å²) in [6.07, 6.45) is -13.8. The molecule has 0 unspecified atom stereocenters. The lowest BCUT2D eigenvalue weighted by Gasteiger charge is -2.12. The molecule has 0 aliphatic heterocycles. The number of carbonyl (C=O) groups is 3. The van der Waals surface area contributed by atoms with Gasteiger partial charge in [0.05, 0.1) is 22.9 Å². The van der Waals surface area contributed by atoms with E-state index in [1.165, 1.54) is 12.1 Å². The fourth-order valence-corrected chi connectivity index (χ4v) is 5.89. The Morgan fingerprint density at radius 2 is 1.50 bits per heavy atom. The number of amides is 1. The molecule has 3 aromatic rings. The quantitative estimate of drug-likeness (QED) is 0.129. The molecular weight excluding hydrogens is 700 g/mol. The van der Waals surface area contributed by atoms with Crippen molar-refractivity contribution < 1.29 is 53.9 Å². The van der Waals surface area contributed by atoms with Crippen molar-refractivity contribution in [3.05, 3.63) is 98.8 Å². The smallest absolute Gasteiger partial charge is 0.326 e. The van der Waals surface area contributed by atoms with E-state index in [0.717, 1.165) is 24.3 Å². The second-order valence-electron chi connectivity index (χ2n) is 10.5. The third-order valence-electron chi connectivity index (χ3n) is 7.20. The summed E-state index contributed by atoms with van der Waals surface area (Å²) in [5.74, 6) is -9.23. The maximum atomic E-state index is 15.1. The van der Waals surface area contributed by atoms with E-state index >= 15 is 4.39 Å². The summed E-state index contributed by atoms with van der Waals surface area (Å²) in [6, 6.07) is 7.33. The highest BCUT2D eigenvalue weighted by molar-refractivity contribution is 6.53. The zero-order valence-corrected chi connectivity index (χ0v) is 25.1. The first-order chi connectivity index (χ1) is 21.2. The topological polar surface area (TPSA) is 63.2 Å². The summed E-state index contributed by atoms with van der Waals surface area (Å²) >= 11 is 18.5. The molecule has 0 saturated heterocycles. The molecule has 1 aliphatic carbocycles. The Morgan fingerprint density at radius 3 is 2.13 bits per heavy atom. The Hall–Kier alpha value is -3.29. The summed E-state index contributed by atoms with van der Waals surface area (Å²) in [7, 11) is 0. The first-order valence-electron chi connectivity index (χ1n) is 13.1. The Labute approximate surface area is 269 Å². The van der Waals surface area contributed by atoms with Crippen LogP contribution in [0.25, 0.3) is 0 Å². The van der Waals surface area contributed by atoms with Crippen molar-refractivity contribution >= 4 is 58.0 Å². The number of hydrogen-bond donors (Lipinski definition) is 1. The number of benzene rings is 3. The van der Waals surface area contributed by atoms with E-state index in [4.69, 9.17) is 34.8 Å². The minimum Gasteiger partial charge on any atom is -0.326 e. The van der Waals surface area contributed by atoms with Crippen LogP contribution in [0, 0.1) is 23.4 Å². The highest BCUT2D eigenvalue weighted by Gasteiger charge is 2.67. The fraction of sp³-hybridized carbons (Fsp3) is 0.300. The van der Waals surface area contributed by atoms with Gasteiger partial charge >= 0.3 is 12.4 Å². The van der Waals surface area contributed by atoms with Crippen molar-refractivity contribution in [2.45, 2.75) is 48.3 Å². The second kappa shape index (κ2) is 13.1. The van der Waals surface area contributed by atoms with Gasteiger partial charge in [-0.1, -0.05) is 23.7 Å². The molecule has 46 heavy (non-hydrogen) atoms. The van der Waals surface area contributed by atoms with Crippen molar-refractivity contribution in [2.24, 2.45) is 5.92 Å². The summed E-state index contributed by atoms with van der Waals surface area (Å²) in [5.41, 5.74) is -3.19. The van der Waals surface area contributed by atoms with Crippen LogP contribution in [-0.4, -0.2) is 28.0 Å². The highest BCUT2D eigenvalue weighted by Crippen LogP contribution is 2.65. The van der Waals surface area contributed by atoms with Gasteiger partial charge in [-0.2, -0.15) is 26.3 Å². The molecule has 0 radical (unpaired) electrons. The molecular formula is C30H19Cl3F9NO3. The van der Waals surface area contributed by atoms with Crippen molar-refractivity contribution in [1.82, 2.24) is 0 Å². The third-order valence-corrected chi connectivity index (χ3v) is 8.47. The SMILES string of the molecule is O=C(CCC(F)(F)F)Cc1c(F)ccc(CC(=O)c2cc(NC(=O)[C@H]3[C@H](c4ccc(F)c(C(F)(F)F)c4)C3(Cl)Cl)ccc2Cl)c1F. The number of nitrogens with one attached hydrogen (secondary N) is 1. The van der Waals surface area contributed by atoms with E-state index in [1.807, 2.05) is 0 Å². The van der Waals surface area contributed by atoms with Crippen LogP contribution in [0.15, 0.2) is 48.5 Å². The molecule has 246 valence electrons. The third kappa shape index (κ3) is 7.98. The molecule has 16 heteroatoms. The minimum absolute atomic E-state index is 0.0434. The molecule has 3 aromatic carbocycles. The van der Waals surface area contributed by atoms with Crippen molar-refractivity contribution in [2.75, 3.05) is 5.32 Å². The largest absolute Gasteiger partial charge is 0.419 e. The Morgan fingerprint density at radius 1 is 0.848 bits per heavy atom. The normalized spacial score (nSPS) is 17.5. The molecule has 1 aliphatic rings. The van der Waals surface area contributed by atoms with E-state index in [2.05, 4.69) is 5.32 Å². The van der Waals surface area contributed by atoms with Gasteiger partial charge in [-0.25, -0.2) is 13.2 Å². The lowest BCUT2D eigenvalue weighted by molar-refractivity contribution is -0.143. The zero-order chi connectivity index (χ0) is 34.4. The predicted molar refractivity (Wildman–Crippen MR) is 151 cm³/mol. The highest BCUT2D eigenvalue weighted by atomic mass is 35.5. The molecule has 1 N–H and O–H groups in total. The summed E-state index contributed by atoms with van der Waals surface area (Å²) < 4.78 is 118. The first-order valence-corrected chi connectivity index (χ1v) is 14.3. The molecule has 0 bridgehead atoms. The van der Waals surface area contributed by atoms with Gasteiger partial charge in [-0.05, 0) is 47.5 Å². The zero-order valence-electron chi connectivity index (χ0n) is 22.9. The molecule has 0 aromatic heterocycles. The van der Waals surface area contributed by atoms with Crippen LogP contribution in [0.2, 0.25) is 5.02 Å². The van der Waals surface area contributed by atoms with Crippen LogP contribution >= 0.6 is 34.8 Å². The van der Waals surface area contributed by atoms with Crippen LogP contribution < -0.4 is 5.32 Å². The van der Waals surface area contributed by atoms with E-state index in [1.54, 1.807) is 0 Å². The minimum atomic E-state index is -5.02. The van der Waals surface area contributed by atoms with Gasteiger partial charge in [0, 0.05) is 42.0 Å². The summed E-state index contributed by atoms with van der Waals surface area (Å²) in [5, 5.41) is 2.27. The summed E-state index contributed by atoms with van der Waals surface area (Å²) in [6.45, 7) is 0. The number of halogens is 12. The molecule has 4 rings (SSSR count). The number of Topliss-reactive ketones (excluding diaryl/α,β-unsaturated/α-hetero) is 2. The van der Waals surface area contributed by atoms with E-state index in [9.17, 15) is 49.5 Å². The number of anilines is 1. The molecule has 0 spiro atoms. The number of alkyl halides is 8. The average Bonchev–Trinajstić information content (AvgIpc) is 3.53. The Bertz CT molecular complexity index is 1710. The molecule has 1 saturated carbocycles. The van der Waals surface area contributed by atoms with Gasteiger partial charge in [0.15, 0.2) is 5.78 Å². The molecule has 4 nitrogen and oxygen atoms in total. The first kappa shape index (κ1) is 35.6. The lowest BCUT2D eigenvalue weighted by atomic mass is 9.97. The molecule has 0 heterocycles. The van der Waals surface area contributed by atoms with Crippen LogP contribution in [0.4, 0.5) is 45.2 Å². The van der Waals surface area contributed by atoms with Gasteiger partial charge in [0.2, 0.25) is 5.91 Å².